The highest BCUT2D eigenvalue weighted by molar-refractivity contribution is 6.43. The van der Waals surface area contributed by atoms with Crippen molar-refractivity contribution in [3.8, 4) is 5.75 Å². The van der Waals surface area contributed by atoms with Crippen LogP contribution in [0.15, 0.2) is 89.5 Å². The monoisotopic (exact) mass is 638 g/mol. The van der Waals surface area contributed by atoms with Crippen LogP contribution in [0.1, 0.15) is 57.9 Å². The Morgan fingerprint density at radius 3 is 2.43 bits per heavy atom. The molecule has 0 bridgehead atoms. The van der Waals surface area contributed by atoms with Gasteiger partial charge >= 0.3 is 7.12 Å². The Morgan fingerprint density at radius 1 is 1.00 bits per heavy atom. The Hall–Kier alpha value is -3.85. The molecule has 46 heavy (non-hydrogen) atoms. The summed E-state index contributed by atoms with van der Waals surface area (Å²) in [6.07, 6.45) is 6.52. The van der Waals surface area contributed by atoms with Crippen molar-refractivity contribution in [2.45, 2.75) is 64.8 Å². The summed E-state index contributed by atoms with van der Waals surface area (Å²) in [6.45, 7) is 4.22. The molecule has 0 saturated carbocycles. The number of para-hydroxylation sites is 1. The summed E-state index contributed by atoms with van der Waals surface area (Å²) < 4.78 is 6.18. The minimum atomic E-state index is -1.01. The average molecular weight is 639 g/mol. The van der Waals surface area contributed by atoms with Crippen molar-refractivity contribution in [1.82, 2.24) is 0 Å². The zero-order valence-electron chi connectivity index (χ0n) is 26.3. The number of benzene rings is 3. The van der Waals surface area contributed by atoms with Gasteiger partial charge in [0.05, 0.1) is 28.6 Å². The molecule has 3 aliphatic rings. The van der Waals surface area contributed by atoms with Crippen LogP contribution in [0.2, 0.25) is 11.3 Å². The van der Waals surface area contributed by atoms with Gasteiger partial charge < -0.3 is 20.1 Å². The molecule has 7 nitrogen and oxygen atoms in total. The van der Waals surface area contributed by atoms with Crippen LogP contribution in [0.5, 0.6) is 5.75 Å². The highest BCUT2D eigenvalue weighted by Crippen LogP contribution is 2.52. The number of anilines is 3. The Balaban J connectivity index is 1.23. The molecule has 0 unspecified atom stereocenters. The van der Waals surface area contributed by atoms with Crippen molar-refractivity contribution in [2.75, 3.05) is 10.2 Å². The van der Waals surface area contributed by atoms with Gasteiger partial charge in [-0.25, -0.2) is 0 Å². The van der Waals surface area contributed by atoms with Gasteiger partial charge in [-0.2, -0.15) is 0 Å². The van der Waals surface area contributed by atoms with E-state index in [4.69, 9.17) is 16.3 Å². The maximum absolute atomic E-state index is 14.1. The number of carbonyl (C=O) groups is 2. The predicted octanol–water partition coefficient (Wildman–Crippen LogP) is 8.16. The molecule has 0 spiro atoms. The van der Waals surface area contributed by atoms with Gasteiger partial charge in [0, 0.05) is 11.4 Å². The van der Waals surface area contributed by atoms with Gasteiger partial charge in [0.25, 0.3) is 0 Å². The van der Waals surface area contributed by atoms with E-state index in [2.05, 4.69) is 25.2 Å². The number of imide groups is 1. The van der Waals surface area contributed by atoms with Gasteiger partial charge in [-0.15, -0.1) is 0 Å². The number of aromatic hydroxyl groups is 1. The Labute approximate surface area is 276 Å². The molecule has 3 aromatic rings. The molecule has 1 aliphatic carbocycles. The standard InChI is InChI=1S/C37H40BClN2O5/c1-3-8-23(19-25-12-17-29(42)21-32(25)39)11-18-33-34-24(4-2)20-30-35(31(34)22-38(45)46-33)37(44)41(36(30)43)28-15-13-27(14-16-28)40-26-9-6-5-7-10-26/h5-7,9-10,12-17,19,21,30-31,33,35,40,42,45H,3-4,8,11,18,20,22H2,1-2H3/b23-19+/t30-,31+,33-,35-/m1/s1. The molecule has 2 saturated heterocycles. The Morgan fingerprint density at radius 2 is 1.74 bits per heavy atom. The lowest BCUT2D eigenvalue weighted by Crippen LogP contribution is -2.46. The maximum Gasteiger partial charge on any atom is 0.455 e. The normalized spacial score (nSPS) is 23.1. The number of halogens is 1. The molecule has 0 radical (unpaired) electrons. The summed E-state index contributed by atoms with van der Waals surface area (Å²) in [5, 5.41) is 24.5. The summed E-state index contributed by atoms with van der Waals surface area (Å²) in [4.78, 5) is 29.3. The Kier molecular flexibility index (Phi) is 9.69. The SMILES string of the molecule is CCC/C(=C\c1ccc(O)cc1Cl)CC[C@H]1OB(O)C[C@H]2C1=C(CC)C[C@H]1C(=O)N(c3ccc(Nc4ccccc4)cc3)C(=O)[C@H]12. The number of nitrogens with one attached hydrogen (secondary N) is 1. The van der Waals surface area contributed by atoms with Crippen LogP contribution in [0.25, 0.3) is 6.08 Å². The van der Waals surface area contributed by atoms with Crippen LogP contribution < -0.4 is 10.2 Å². The fourth-order valence-electron chi connectivity index (χ4n) is 7.50. The van der Waals surface area contributed by atoms with Crippen LogP contribution in [0.3, 0.4) is 0 Å². The maximum atomic E-state index is 14.1. The minimum Gasteiger partial charge on any atom is -0.508 e. The number of rotatable bonds is 10. The van der Waals surface area contributed by atoms with Crippen molar-refractivity contribution >= 4 is 53.7 Å². The molecule has 6 rings (SSSR count). The van der Waals surface area contributed by atoms with E-state index in [1.807, 2.05) is 60.7 Å². The first kappa shape index (κ1) is 32.1. The number of fused-ring (bicyclic) bond motifs is 3. The van der Waals surface area contributed by atoms with E-state index in [9.17, 15) is 19.7 Å². The van der Waals surface area contributed by atoms with E-state index in [1.165, 1.54) is 16.5 Å². The lowest BCUT2D eigenvalue weighted by atomic mass is 9.58. The van der Waals surface area contributed by atoms with Gasteiger partial charge in [0.15, 0.2) is 0 Å². The smallest absolute Gasteiger partial charge is 0.455 e. The first-order chi connectivity index (χ1) is 22.3. The number of allylic oxidation sites excluding steroid dienone is 2. The van der Waals surface area contributed by atoms with E-state index in [0.717, 1.165) is 53.8 Å². The number of nitrogens with zero attached hydrogens (tertiary/aromatic N) is 1. The molecule has 0 aromatic heterocycles. The van der Waals surface area contributed by atoms with E-state index in [0.29, 0.717) is 29.9 Å². The molecule has 2 fully saturated rings. The molecule has 3 N–H and O–H groups in total. The highest BCUT2D eigenvalue weighted by atomic mass is 35.5. The third-order valence-corrected chi connectivity index (χ3v) is 9.89. The molecular weight excluding hydrogens is 599 g/mol. The van der Waals surface area contributed by atoms with Crippen LogP contribution in [-0.4, -0.2) is 35.2 Å². The predicted molar refractivity (Wildman–Crippen MR) is 184 cm³/mol. The number of hydrogen-bond acceptors (Lipinski definition) is 6. The third-order valence-electron chi connectivity index (χ3n) is 9.57. The lowest BCUT2D eigenvalue weighted by molar-refractivity contribution is -0.122. The van der Waals surface area contributed by atoms with Crippen molar-refractivity contribution in [1.29, 1.82) is 0 Å². The second kappa shape index (κ2) is 13.9. The van der Waals surface area contributed by atoms with Gasteiger partial charge in [-0.1, -0.05) is 67.3 Å². The molecule has 2 aliphatic heterocycles. The molecule has 238 valence electrons. The second-order valence-electron chi connectivity index (χ2n) is 12.5. The molecule has 2 amide bonds. The van der Waals surface area contributed by atoms with Crippen molar-refractivity contribution in [3.63, 3.8) is 0 Å². The van der Waals surface area contributed by atoms with Gasteiger partial charge in [0.2, 0.25) is 11.8 Å². The summed E-state index contributed by atoms with van der Waals surface area (Å²) in [7, 11) is -1.01. The average Bonchev–Trinajstić information content (AvgIpc) is 3.30. The summed E-state index contributed by atoms with van der Waals surface area (Å²) in [5.74, 6) is -1.47. The van der Waals surface area contributed by atoms with Crippen LogP contribution in [0, 0.1) is 17.8 Å². The quantitative estimate of drug-likeness (QED) is 0.118. The largest absolute Gasteiger partial charge is 0.508 e. The van der Waals surface area contributed by atoms with E-state index >= 15 is 0 Å². The van der Waals surface area contributed by atoms with Crippen molar-refractivity contribution in [2.24, 2.45) is 17.8 Å². The van der Waals surface area contributed by atoms with E-state index < -0.39 is 19.0 Å². The van der Waals surface area contributed by atoms with Crippen LogP contribution >= 0.6 is 11.6 Å². The fourth-order valence-corrected chi connectivity index (χ4v) is 7.73. The van der Waals surface area contributed by atoms with Crippen molar-refractivity contribution < 1.29 is 24.4 Å². The molecule has 2 heterocycles. The van der Waals surface area contributed by atoms with Gasteiger partial charge in [-0.3, -0.25) is 14.5 Å². The number of carbonyl (C=O) groups excluding carboxylic acids is 2. The first-order valence-corrected chi connectivity index (χ1v) is 16.7. The number of hydrogen-bond donors (Lipinski definition) is 3. The zero-order valence-corrected chi connectivity index (χ0v) is 27.0. The minimum absolute atomic E-state index is 0.125. The topological polar surface area (TPSA) is 99.1 Å². The summed E-state index contributed by atoms with van der Waals surface area (Å²) >= 11 is 6.41. The summed E-state index contributed by atoms with van der Waals surface area (Å²) in [6, 6.07) is 22.2. The Bertz CT molecular complexity index is 1660. The van der Waals surface area contributed by atoms with Crippen LogP contribution in [0.4, 0.5) is 17.1 Å². The molecule has 3 aromatic carbocycles. The third kappa shape index (κ3) is 6.52. The first-order valence-electron chi connectivity index (χ1n) is 16.3. The summed E-state index contributed by atoms with van der Waals surface area (Å²) in [5.41, 5.74) is 6.69. The van der Waals surface area contributed by atoms with Gasteiger partial charge in [0.1, 0.15) is 5.75 Å². The fraction of sp³-hybridized carbons (Fsp3) is 0.351. The molecular formula is C37H40BClN2O5. The number of amides is 2. The zero-order chi connectivity index (χ0) is 32.4. The van der Waals surface area contributed by atoms with E-state index in [-0.39, 0.29) is 29.6 Å². The number of phenols is 1. The van der Waals surface area contributed by atoms with E-state index in [1.54, 1.807) is 6.07 Å². The molecule has 9 heteroatoms. The highest BCUT2D eigenvalue weighted by Gasteiger charge is 2.57. The lowest BCUT2D eigenvalue weighted by Gasteiger charge is -2.43. The van der Waals surface area contributed by atoms with Crippen molar-refractivity contribution in [3.05, 3.63) is 100 Å². The van der Waals surface area contributed by atoms with Crippen LogP contribution in [-0.2, 0) is 14.2 Å². The number of phenolic OH excluding ortho intramolecular Hbond substituents is 1. The second-order valence-corrected chi connectivity index (χ2v) is 12.9. The van der Waals surface area contributed by atoms with Gasteiger partial charge in [-0.05, 0) is 110 Å². The molecule has 4 atom stereocenters.